The van der Waals surface area contributed by atoms with Crippen molar-refractivity contribution in [1.29, 1.82) is 0 Å². The number of hydrogen-bond acceptors (Lipinski definition) is 4. The molecule has 10 nitrogen and oxygen atoms in total. The minimum Gasteiger partial charge on any atom is -0.383 e. The molecule has 1 aliphatic rings. The number of carbonyl (C=O) groups is 3. The van der Waals surface area contributed by atoms with E-state index in [4.69, 9.17) is 5.73 Å². The van der Waals surface area contributed by atoms with E-state index in [1.54, 1.807) is 4.90 Å². The fourth-order valence-electron chi connectivity index (χ4n) is 3.54. The van der Waals surface area contributed by atoms with Gasteiger partial charge in [0, 0.05) is 42.2 Å². The number of amides is 4. The van der Waals surface area contributed by atoms with Crippen molar-refractivity contribution in [3.63, 3.8) is 0 Å². The van der Waals surface area contributed by atoms with Crippen molar-refractivity contribution in [3.05, 3.63) is 64.1 Å². The lowest BCUT2D eigenvalue weighted by Gasteiger charge is -2.35. The summed E-state index contributed by atoms with van der Waals surface area (Å²) in [6, 6.07) is 7.46. The summed E-state index contributed by atoms with van der Waals surface area (Å²) >= 11 is 0. The number of amidine groups is 1. The molecule has 0 bridgehead atoms. The maximum atomic E-state index is 12.9. The van der Waals surface area contributed by atoms with Gasteiger partial charge in [0.05, 0.1) is 6.04 Å². The normalized spacial score (nSPS) is 16.5. The number of benzene rings is 1. The van der Waals surface area contributed by atoms with E-state index >= 15 is 0 Å². The standard InChI is InChI=1S/C22H23F3N6O4/c23-22(24,25)20(34)30-18(26)13-4-6-15(7-5-13)29-21(35)31-10-2-1-3-16(31)12-28-19(33)14-8-9-27-17(32)11-14/h4-9,11,16H,1-3,10,12H2,(H,27,32)(H,28,33)(H,29,35)(H2,26,30,34). The van der Waals surface area contributed by atoms with E-state index in [0.717, 1.165) is 12.8 Å². The number of pyridine rings is 1. The number of alkyl halides is 3. The zero-order chi connectivity index (χ0) is 25.6. The molecule has 1 fully saturated rings. The van der Waals surface area contributed by atoms with Crippen LogP contribution >= 0.6 is 0 Å². The Morgan fingerprint density at radius 3 is 2.49 bits per heavy atom. The summed E-state index contributed by atoms with van der Waals surface area (Å²) in [6.07, 6.45) is -1.43. The predicted molar refractivity (Wildman–Crippen MR) is 121 cm³/mol. The van der Waals surface area contributed by atoms with Gasteiger partial charge in [0.15, 0.2) is 0 Å². The smallest absolute Gasteiger partial charge is 0.383 e. The SMILES string of the molecule is NC(=NC(=O)C(F)(F)F)c1ccc(NC(=O)N2CCCCC2CNC(=O)c2cc[nH]c(=O)c2)cc1. The van der Waals surface area contributed by atoms with Crippen molar-refractivity contribution in [1.82, 2.24) is 15.2 Å². The van der Waals surface area contributed by atoms with E-state index < -0.39 is 35.4 Å². The molecule has 1 unspecified atom stereocenters. The first-order valence-electron chi connectivity index (χ1n) is 10.6. The van der Waals surface area contributed by atoms with Gasteiger partial charge in [-0.3, -0.25) is 14.4 Å². The number of aromatic nitrogens is 1. The number of piperidine rings is 1. The monoisotopic (exact) mass is 492 g/mol. The van der Waals surface area contributed by atoms with Crippen molar-refractivity contribution >= 4 is 29.4 Å². The number of nitrogens with one attached hydrogen (secondary N) is 3. The van der Waals surface area contributed by atoms with Gasteiger partial charge in [-0.1, -0.05) is 0 Å². The van der Waals surface area contributed by atoms with Gasteiger partial charge in [-0.2, -0.15) is 18.2 Å². The minimum atomic E-state index is -5.12. The molecule has 2 heterocycles. The molecule has 1 atom stereocenters. The van der Waals surface area contributed by atoms with E-state index in [1.807, 2.05) is 0 Å². The van der Waals surface area contributed by atoms with Crippen molar-refractivity contribution in [2.75, 3.05) is 18.4 Å². The molecule has 1 aromatic carbocycles. The Kier molecular flexibility index (Phi) is 7.89. The summed E-state index contributed by atoms with van der Waals surface area (Å²) in [5.74, 6) is -3.34. The van der Waals surface area contributed by atoms with Crippen LogP contribution in [0, 0.1) is 0 Å². The van der Waals surface area contributed by atoms with Crippen molar-refractivity contribution in [2.24, 2.45) is 10.7 Å². The van der Waals surface area contributed by atoms with Gasteiger partial charge in [-0.25, -0.2) is 4.79 Å². The van der Waals surface area contributed by atoms with Crippen LogP contribution < -0.4 is 21.9 Å². The zero-order valence-electron chi connectivity index (χ0n) is 18.4. The maximum absolute atomic E-state index is 12.9. The van der Waals surface area contributed by atoms with E-state index in [-0.39, 0.29) is 23.7 Å². The van der Waals surface area contributed by atoms with Gasteiger partial charge in [0.1, 0.15) is 5.84 Å². The highest BCUT2D eigenvalue weighted by molar-refractivity contribution is 6.05. The van der Waals surface area contributed by atoms with Crippen molar-refractivity contribution in [3.8, 4) is 0 Å². The molecule has 0 aliphatic carbocycles. The summed E-state index contributed by atoms with van der Waals surface area (Å²) in [4.78, 5) is 54.4. The number of halogens is 3. The highest BCUT2D eigenvalue weighted by Gasteiger charge is 2.38. The molecule has 0 radical (unpaired) electrons. The van der Waals surface area contributed by atoms with E-state index in [1.165, 1.54) is 42.6 Å². The number of hydrogen-bond donors (Lipinski definition) is 4. The van der Waals surface area contributed by atoms with Crippen molar-refractivity contribution < 1.29 is 27.6 Å². The van der Waals surface area contributed by atoms with E-state index in [0.29, 0.717) is 18.7 Å². The molecule has 186 valence electrons. The first-order valence-corrected chi connectivity index (χ1v) is 10.6. The number of nitrogens with zero attached hydrogens (tertiary/aromatic N) is 2. The first-order chi connectivity index (χ1) is 16.5. The average molecular weight is 492 g/mol. The molecular weight excluding hydrogens is 469 g/mol. The second-order valence-electron chi connectivity index (χ2n) is 7.80. The van der Waals surface area contributed by atoms with E-state index in [2.05, 4.69) is 20.6 Å². The van der Waals surface area contributed by atoms with Crippen LogP contribution in [0.1, 0.15) is 35.2 Å². The Morgan fingerprint density at radius 2 is 1.83 bits per heavy atom. The lowest BCUT2D eigenvalue weighted by atomic mass is 10.0. The van der Waals surface area contributed by atoms with Crippen LogP contribution in [0.25, 0.3) is 0 Å². The summed E-state index contributed by atoms with van der Waals surface area (Å²) in [5, 5.41) is 5.44. The summed E-state index contributed by atoms with van der Waals surface area (Å²) in [7, 11) is 0. The lowest BCUT2D eigenvalue weighted by Crippen LogP contribution is -2.50. The molecule has 0 spiro atoms. The predicted octanol–water partition coefficient (Wildman–Crippen LogP) is 1.99. The highest BCUT2D eigenvalue weighted by atomic mass is 19.4. The fraction of sp³-hybridized carbons (Fsp3) is 0.318. The van der Waals surface area contributed by atoms with Crippen LogP contribution in [0.5, 0.6) is 0 Å². The largest absolute Gasteiger partial charge is 0.473 e. The number of nitrogens with two attached hydrogens (primary N) is 1. The number of urea groups is 1. The molecule has 13 heteroatoms. The average Bonchev–Trinajstić information content (AvgIpc) is 2.82. The second-order valence-corrected chi connectivity index (χ2v) is 7.80. The van der Waals surface area contributed by atoms with Crippen LogP contribution in [0.4, 0.5) is 23.7 Å². The van der Waals surface area contributed by atoms with Crippen molar-refractivity contribution in [2.45, 2.75) is 31.5 Å². The third-order valence-electron chi connectivity index (χ3n) is 5.32. The topological polar surface area (TPSA) is 150 Å². The Balaban J connectivity index is 1.61. The Labute approximate surface area is 197 Å². The molecular formula is C22H23F3N6O4. The van der Waals surface area contributed by atoms with Gasteiger partial charge in [-0.15, -0.1) is 0 Å². The number of aliphatic imine (C=N–C) groups is 1. The number of carbonyl (C=O) groups excluding carboxylic acids is 3. The molecule has 1 aromatic heterocycles. The molecule has 1 saturated heterocycles. The molecule has 2 aromatic rings. The number of H-pyrrole nitrogens is 1. The fourth-order valence-corrected chi connectivity index (χ4v) is 3.54. The van der Waals surface area contributed by atoms with Gasteiger partial charge in [0.25, 0.3) is 5.91 Å². The summed E-state index contributed by atoms with van der Waals surface area (Å²) < 4.78 is 37.0. The Bertz CT molecular complexity index is 1180. The number of anilines is 1. The van der Waals surface area contributed by atoms with Crippen LogP contribution in [-0.4, -0.2) is 58.9 Å². The Morgan fingerprint density at radius 1 is 1.11 bits per heavy atom. The number of likely N-dealkylation sites (tertiary alicyclic amines) is 1. The number of rotatable bonds is 5. The van der Waals surface area contributed by atoms with Crippen LogP contribution in [0.15, 0.2) is 52.4 Å². The second kappa shape index (κ2) is 10.8. The molecule has 0 saturated carbocycles. The maximum Gasteiger partial charge on any atom is 0.473 e. The van der Waals surface area contributed by atoms with Gasteiger partial charge in [-0.05, 0) is 49.6 Å². The Hall–Kier alpha value is -4.16. The van der Waals surface area contributed by atoms with Crippen LogP contribution in [-0.2, 0) is 4.79 Å². The minimum absolute atomic E-state index is 0.0823. The molecule has 5 N–H and O–H groups in total. The van der Waals surface area contributed by atoms with Gasteiger partial charge < -0.3 is 26.3 Å². The van der Waals surface area contributed by atoms with E-state index in [9.17, 15) is 32.3 Å². The molecule has 4 amide bonds. The van der Waals surface area contributed by atoms with Crippen LogP contribution in [0.3, 0.4) is 0 Å². The molecule has 3 rings (SSSR count). The summed E-state index contributed by atoms with van der Waals surface area (Å²) in [5.41, 5.74) is 5.71. The van der Waals surface area contributed by atoms with Gasteiger partial charge >= 0.3 is 18.1 Å². The zero-order valence-corrected chi connectivity index (χ0v) is 18.4. The summed E-state index contributed by atoms with van der Waals surface area (Å²) in [6.45, 7) is 0.660. The number of aromatic amines is 1. The lowest BCUT2D eigenvalue weighted by molar-refractivity contribution is -0.169. The highest BCUT2D eigenvalue weighted by Crippen LogP contribution is 2.20. The van der Waals surface area contributed by atoms with Gasteiger partial charge in [0.2, 0.25) is 5.56 Å². The molecule has 1 aliphatic heterocycles. The molecule has 35 heavy (non-hydrogen) atoms. The third-order valence-corrected chi connectivity index (χ3v) is 5.32. The van der Waals surface area contributed by atoms with Crippen LogP contribution in [0.2, 0.25) is 0 Å². The third kappa shape index (κ3) is 6.91. The first kappa shape index (κ1) is 25.5. The quantitative estimate of drug-likeness (QED) is 0.372.